The molecule has 0 spiro atoms. The lowest BCUT2D eigenvalue weighted by Gasteiger charge is -2.10. The van der Waals surface area contributed by atoms with Gasteiger partial charge in [0.2, 0.25) is 0 Å². The van der Waals surface area contributed by atoms with Crippen molar-refractivity contribution in [2.24, 2.45) is 0 Å². The molecular weight excluding hydrogens is 209 g/mol. The van der Waals surface area contributed by atoms with E-state index in [0.717, 1.165) is 12.1 Å². The predicted molar refractivity (Wildman–Crippen MR) is 48.3 cm³/mol. The van der Waals surface area contributed by atoms with E-state index < -0.39 is 12.5 Å². The SMILES string of the molecule is C=C[C@H](O)c1ccc(OC(F)(F)F)cc1. The van der Waals surface area contributed by atoms with E-state index in [-0.39, 0.29) is 5.75 Å². The van der Waals surface area contributed by atoms with Crippen molar-refractivity contribution in [2.45, 2.75) is 12.5 Å². The Kier molecular flexibility index (Phi) is 3.36. The van der Waals surface area contributed by atoms with Gasteiger partial charge in [0, 0.05) is 0 Å². The van der Waals surface area contributed by atoms with Gasteiger partial charge in [-0.25, -0.2) is 0 Å². The van der Waals surface area contributed by atoms with Crippen LogP contribution in [0.15, 0.2) is 36.9 Å². The van der Waals surface area contributed by atoms with Gasteiger partial charge in [-0.05, 0) is 17.7 Å². The molecule has 1 aromatic carbocycles. The Morgan fingerprint density at radius 1 is 1.27 bits per heavy atom. The van der Waals surface area contributed by atoms with Gasteiger partial charge in [0.1, 0.15) is 5.75 Å². The van der Waals surface area contributed by atoms with Crippen molar-refractivity contribution in [1.82, 2.24) is 0 Å². The molecule has 1 rings (SSSR count). The van der Waals surface area contributed by atoms with Gasteiger partial charge >= 0.3 is 6.36 Å². The van der Waals surface area contributed by atoms with Crippen molar-refractivity contribution in [1.29, 1.82) is 0 Å². The molecule has 0 aromatic heterocycles. The molecule has 0 radical (unpaired) electrons. The minimum atomic E-state index is -4.70. The maximum atomic E-state index is 11.8. The van der Waals surface area contributed by atoms with E-state index in [1.807, 2.05) is 0 Å². The van der Waals surface area contributed by atoms with Gasteiger partial charge in [-0.15, -0.1) is 19.8 Å². The van der Waals surface area contributed by atoms with Crippen LogP contribution in [0.2, 0.25) is 0 Å². The molecule has 0 fully saturated rings. The molecule has 0 unspecified atom stereocenters. The summed E-state index contributed by atoms with van der Waals surface area (Å²) in [5.74, 6) is -0.317. The standard InChI is InChI=1S/C10H9F3O2/c1-2-9(14)7-3-5-8(6-4-7)15-10(11,12)13/h2-6,9,14H,1H2/t9-/m0/s1. The molecule has 82 valence electrons. The zero-order chi connectivity index (χ0) is 11.5. The van der Waals surface area contributed by atoms with E-state index in [9.17, 15) is 18.3 Å². The molecule has 0 aliphatic heterocycles. The summed E-state index contributed by atoms with van der Waals surface area (Å²) in [5, 5.41) is 9.27. The molecule has 0 saturated heterocycles. The Hall–Kier alpha value is -1.49. The van der Waals surface area contributed by atoms with Crippen molar-refractivity contribution in [2.75, 3.05) is 0 Å². The van der Waals surface area contributed by atoms with Crippen molar-refractivity contribution in [3.8, 4) is 5.75 Å². The number of benzene rings is 1. The molecule has 1 N–H and O–H groups in total. The van der Waals surface area contributed by atoms with Gasteiger partial charge in [0.25, 0.3) is 0 Å². The maximum absolute atomic E-state index is 11.8. The van der Waals surface area contributed by atoms with E-state index in [0.29, 0.717) is 5.56 Å². The molecule has 0 heterocycles. The summed E-state index contributed by atoms with van der Waals surface area (Å²) in [4.78, 5) is 0. The average molecular weight is 218 g/mol. The van der Waals surface area contributed by atoms with E-state index in [4.69, 9.17) is 0 Å². The third-order valence-corrected chi connectivity index (χ3v) is 1.68. The van der Waals surface area contributed by atoms with Crippen LogP contribution in [0.1, 0.15) is 11.7 Å². The first-order valence-electron chi connectivity index (χ1n) is 4.09. The molecule has 5 heteroatoms. The summed E-state index contributed by atoms with van der Waals surface area (Å²) < 4.78 is 39.0. The summed E-state index contributed by atoms with van der Waals surface area (Å²) in [5.41, 5.74) is 0.458. The average Bonchev–Trinajstić information content (AvgIpc) is 2.15. The summed E-state index contributed by atoms with van der Waals surface area (Å²) in [6, 6.07) is 4.95. The van der Waals surface area contributed by atoms with Gasteiger partial charge in [0.15, 0.2) is 0 Å². The molecule has 0 aliphatic rings. The van der Waals surface area contributed by atoms with E-state index >= 15 is 0 Å². The summed E-state index contributed by atoms with van der Waals surface area (Å²) in [6.07, 6.45) is -4.30. The van der Waals surface area contributed by atoms with Crippen LogP contribution < -0.4 is 4.74 Å². The van der Waals surface area contributed by atoms with Crippen molar-refractivity contribution in [3.63, 3.8) is 0 Å². The Morgan fingerprint density at radius 2 is 1.80 bits per heavy atom. The van der Waals surface area contributed by atoms with E-state index in [1.165, 1.54) is 18.2 Å². The van der Waals surface area contributed by atoms with Crippen LogP contribution in [0.4, 0.5) is 13.2 Å². The highest BCUT2D eigenvalue weighted by atomic mass is 19.4. The minimum absolute atomic E-state index is 0.317. The fraction of sp³-hybridized carbons (Fsp3) is 0.200. The zero-order valence-electron chi connectivity index (χ0n) is 7.66. The van der Waals surface area contributed by atoms with Crippen LogP contribution in [0.5, 0.6) is 5.75 Å². The molecule has 0 saturated carbocycles. The summed E-state index contributed by atoms with van der Waals surface area (Å²) in [6.45, 7) is 3.36. The normalized spacial score (nSPS) is 13.3. The lowest BCUT2D eigenvalue weighted by molar-refractivity contribution is -0.274. The summed E-state index contributed by atoms with van der Waals surface area (Å²) in [7, 11) is 0. The molecule has 0 amide bonds. The quantitative estimate of drug-likeness (QED) is 0.790. The predicted octanol–water partition coefficient (Wildman–Crippen LogP) is 2.80. The second-order valence-electron chi connectivity index (χ2n) is 2.80. The van der Waals surface area contributed by atoms with E-state index in [2.05, 4.69) is 11.3 Å². The number of alkyl halides is 3. The van der Waals surface area contributed by atoms with Crippen LogP contribution in [-0.4, -0.2) is 11.5 Å². The molecule has 15 heavy (non-hydrogen) atoms. The Balaban J connectivity index is 2.77. The van der Waals surface area contributed by atoms with Crippen LogP contribution in [0, 0.1) is 0 Å². The second-order valence-corrected chi connectivity index (χ2v) is 2.80. The Bertz CT molecular complexity index is 330. The highest BCUT2D eigenvalue weighted by Gasteiger charge is 2.30. The number of halogens is 3. The largest absolute Gasteiger partial charge is 0.573 e. The first-order chi connectivity index (χ1) is 6.92. The molecular formula is C10H9F3O2. The van der Waals surface area contributed by atoms with Crippen LogP contribution in [0.3, 0.4) is 0 Å². The first-order valence-corrected chi connectivity index (χ1v) is 4.09. The number of ether oxygens (including phenoxy) is 1. The smallest absolute Gasteiger partial charge is 0.406 e. The number of hydrogen-bond donors (Lipinski definition) is 1. The molecule has 0 bridgehead atoms. The highest BCUT2D eigenvalue weighted by molar-refractivity contribution is 5.29. The molecule has 1 aromatic rings. The first kappa shape index (κ1) is 11.6. The van der Waals surface area contributed by atoms with Crippen LogP contribution in [-0.2, 0) is 0 Å². The lowest BCUT2D eigenvalue weighted by atomic mass is 10.1. The zero-order valence-corrected chi connectivity index (χ0v) is 7.66. The fourth-order valence-electron chi connectivity index (χ4n) is 1.00. The molecule has 0 aliphatic carbocycles. The lowest BCUT2D eigenvalue weighted by Crippen LogP contribution is -2.17. The molecule has 1 atom stereocenters. The fourth-order valence-corrected chi connectivity index (χ4v) is 1.00. The van der Waals surface area contributed by atoms with Crippen molar-refractivity contribution >= 4 is 0 Å². The second kappa shape index (κ2) is 4.35. The number of rotatable bonds is 3. The van der Waals surface area contributed by atoms with Gasteiger partial charge in [-0.2, -0.15) is 0 Å². The Morgan fingerprint density at radius 3 is 2.20 bits per heavy atom. The number of aliphatic hydroxyl groups is 1. The van der Waals surface area contributed by atoms with Crippen molar-refractivity contribution in [3.05, 3.63) is 42.5 Å². The maximum Gasteiger partial charge on any atom is 0.573 e. The monoisotopic (exact) mass is 218 g/mol. The van der Waals surface area contributed by atoms with E-state index in [1.54, 1.807) is 0 Å². The number of hydrogen-bond acceptors (Lipinski definition) is 2. The van der Waals surface area contributed by atoms with Gasteiger partial charge in [-0.1, -0.05) is 18.2 Å². The highest BCUT2D eigenvalue weighted by Crippen LogP contribution is 2.24. The van der Waals surface area contributed by atoms with Crippen LogP contribution in [0.25, 0.3) is 0 Å². The third-order valence-electron chi connectivity index (χ3n) is 1.68. The summed E-state index contributed by atoms with van der Waals surface area (Å²) >= 11 is 0. The van der Waals surface area contributed by atoms with Gasteiger partial charge in [0.05, 0.1) is 6.10 Å². The van der Waals surface area contributed by atoms with Gasteiger partial charge < -0.3 is 9.84 Å². The van der Waals surface area contributed by atoms with Crippen LogP contribution >= 0.6 is 0 Å². The molecule has 2 nitrogen and oxygen atoms in total. The van der Waals surface area contributed by atoms with Crippen molar-refractivity contribution < 1.29 is 23.0 Å². The number of aliphatic hydroxyl groups excluding tert-OH is 1. The Labute approximate surface area is 84.6 Å². The topological polar surface area (TPSA) is 29.5 Å². The third kappa shape index (κ3) is 3.63. The minimum Gasteiger partial charge on any atom is -0.406 e. The van der Waals surface area contributed by atoms with Gasteiger partial charge in [-0.3, -0.25) is 0 Å².